The van der Waals surface area contributed by atoms with E-state index in [0.29, 0.717) is 13.2 Å². The zero-order chi connectivity index (χ0) is 14.1. The van der Waals surface area contributed by atoms with Gasteiger partial charge >= 0.3 is 0 Å². The first-order chi connectivity index (χ1) is 9.20. The van der Waals surface area contributed by atoms with Crippen LogP contribution in [-0.2, 0) is 9.47 Å². The van der Waals surface area contributed by atoms with Crippen molar-refractivity contribution in [2.24, 2.45) is 0 Å². The van der Waals surface area contributed by atoms with Crippen molar-refractivity contribution in [2.75, 3.05) is 40.5 Å². The number of methoxy groups -OCH3 is 2. The van der Waals surface area contributed by atoms with Gasteiger partial charge < -0.3 is 9.47 Å². The van der Waals surface area contributed by atoms with E-state index in [1.54, 1.807) is 14.2 Å². The summed E-state index contributed by atoms with van der Waals surface area (Å²) in [6, 6.07) is 9.21. The van der Waals surface area contributed by atoms with Crippen LogP contribution in [0.5, 0.6) is 0 Å². The second-order valence-corrected chi connectivity index (χ2v) is 4.43. The minimum atomic E-state index is -0.173. The Bertz CT molecular complexity index is 359. The average molecular weight is 265 g/mol. The van der Waals surface area contributed by atoms with Crippen LogP contribution in [0.15, 0.2) is 30.3 Å². The Labute approximate surface area is 115 Å². The molecule has 106 valence electrons. The molecule has 1 atom stereocenters. The molecule has 1 rings (SSSR count). The number of benzene rings is 1. The Hall–Kier alpha value is -1.23. The van der Waals surface area contributed by atoms with Crippen molar-refractivity contribution >= 4 is 5.78 Å². The van der Waals surface area contributed by atoms with E-state index in [2.05, 4.69) is 4.90 Å². The standard InChI is InChI=1S/C15H23NO3/c1-13(15(17)14-7-5-4-6-8-14)16(9-11-18-2)10-12-19-3/h4-8,13H,9-12H2,1-3H3. The molecule has 0 saturated heterocycles. The lowest BCUT2D eigenvalue weighted by Crippen LogP contribution is -2.42. The lowest BCUT2D eigenvalue weighted by Gasteiger charge is -2.27. The number of rotatable bonds is 9. The van der Waals surface area contributed by atoms with E-state index < -0.39 is 0 Å². The van der Waals surface area contributed by atoms with E-state index in [1.165, 1.54) is 0 Å². The second-order valence-electron chi connectivity index (χ2n) is 4.43. The molecule has 4 nitrogen and oxygen atoms in total. The topological polar surface area (TPSA) is 38.8 Å². The fraction of sp³-hybridized carbons (Fsp3) is 0.533. The number of nitrogens with zero attached hydrogens (tertiary/aromatic N) is 1. The first kappa shape index (κ1) is 15.8. The molecule has 0 amide bonds. The quantitative estimate of drug-likeness (QED) is 0.639. The second kappa shape index (κ2) is 8.80. The van der Waals surface area contributed by atoms with E-state index in [-0.39, 0.29) is 11.8 Å². The van der Waals surface area contributed by atoms with Gasteiger partial charge in [-0.15, -0.1) is 0 Å². The van der Waals surface area contributed by atoms with Crippen molar-refractivity contribution in [2.45, 2.75) is 13.0 Å². The van der Waals surface area contributed by atoms with Crippen LogP contribution < -0.4 is 0 Å². The maximum atomic E-state index is 12.4. The van der Waals surface area contributed by atoms with E-state index in [0.717, 1.165) is 18.7 Å². The lowest BCUT2D eigenvalue weighted by atomic mass is 10.0. The summed E-state index contributed by atoms with van der Waals surface area (Å²) < 4.78 is 10.2. The van der Waals surface area contributed by atoms with Crippen molar-refractivity contribution in [3.05, 3.63) is 35.9 Å². The highest BCUT2D eigenvalue weighted by Crippen LogP contribution is 2.09. The van der Waals surface area contributed by atoms with Gasteiger partial charge in [0.2, 0.25) is 0 Å². The minimum absolute atomic E-state index is 0.132. The Balaban J connectivity index is 2.68. The predicted octanol–water partition coefficient (Wildman–Crippen LogP) is 1.85. The van der Waals surface area contributed by atoms with Gasteiger partial charge in [0.1, 0.15) is 0 Å². The molecule has 0 aliphatic carbocycles. The third-order valence-electron chi connectivity index (χ3n) is 3.15. The normalized spacial score (nSPS) is 12.6. The van der Waals surface area contributed by atoms with Crippen LogP contribution in [0.1, 0.15) is 17.3 Å². The first-order valence-electron chi connectivity index (χ1n) is 6.52. The third kappa shape index (κ3) is 5.11. The Morgan fingerprint density at radius 2 is 1.63 bits per heavy atom. The van der Waals surface area contributed by atoms with Crippen molar-refractivity contribution in [1.29, 1.82) is 0 Å². The molecule has 1 aromatic rings. The summed E-state index contributed by atoms with van der Waals surface area (Å²) in [5.41, 5.74) is 0.745. The van der Waals surface area contributed by atoms with Gasteiger partial charge in [-0.1, -0.05) is 30.3 Å². The number of ketones is 1. The Kier molecular flexibility index (Phi) is 7.33. The van der Waals surface area contributed by atoms with Gasteiger partial charge in [0.15, 0.2) is 5.78 Å². The van der Waals surface area contributed by atoms with Crippen LogP contribution in [0.25, 0.3) is 0 Å². The number of carbonyl (C=O) groups is 1. The van der Waals surface area contributed by atoms with Crippen LogP contribution in [-0.4, -0.2) is 57.2 Å². The first-order valence-corrected chi connectivity index (χ1v) is 6.52. The zero-order valence-corrected chi connectivity index (χ0v) is 12.0. The molecule has 0 spiro atoms. The van der Waals surface area contributed by atoms with Crippen molar-refractivity contribution in [3.8, 4) is 0 Å². The SMILES string of the molecule is COCCN(CCOC)C(C)C(=O)c1ccccc1. The minimum Gasteiger partial charge on any atom is -0.383 e. The summed E-state index contributed by atoms with van der Waals surface area (Å²) >= 11 is 0. The number of hydrogen-bond acceptors (Lipinski definition) is 4. The molecule has 0 heterocycles. The smallest absolute Gasteiger partial charge is 0.179 e. The fourth-order valence-corrected chi connectivity index (χ4v) is 1.93. The van der Waals surface area contributed by atoms with E-state index >= 15 is 0 Å². The molecule has 4 heteroatoms. The molecule has 0 fully saturated rings. The molecule has 0 aromatic heterocycles. The van der Waals surface area contributed by atoms with Crippen LogP contribution in [0.2, 0.25) is 0 Å². The Morgan fingerprint density at radius 1 is 1.11 bits per heavy atom. The van der Waals surface area contributed by atoms with Gasteiger partial charge in [-0.2, -0.15) is 0 Å². The van der Waals surface area contributed by atoms with Gasteiger partial charge in [0.25, 0.3) is 0 Å². The Morgan fingerprint density at radius 3 is 2.11 bits per heavy atom. The zero-order valence-electron chi connectivity index (χ0n) is 12.0. The van der Waals surface area contributed by atoms with Gasteiger partial charge in [0.05, 0.1) is 19.3 Å². The molecule has 0 N–H and O–H groups in total. The lowest BCUT2D eigenvalue weighted by molar-refractivity contribution is 0.0687. The highest BCUT2D eigenvalue weighted by atomic mass is 16.5. The largest absolute Gasteiger partial charge is 0.383 e. The monoisotopic (exact) mass is 265 g/mol. The van der Waals surface area contributed by atoms with Crippen molar-refractivity contribution in [3.63, 3.8) is 0 Å². The number of Topliss-reactive ketones (excluding diaryl/α,β-unsaturated/α-hetero) is 1. The van der Waals surface area contributed by atoms with Crippen LogP contribution >= 0.6 is 0 Å². The van der Waals surface area contributed by atoms with Crippen LogP contribution in [0.4, 0.5) is 0 Å². The molecule has 19 heavy (non-hydrogen) atoms. The summed E-state index contributed by atoms with van der Waals surface area (Å²) in [7, 11) is 3.33. The highest BCUT2D eigenvalue weighted by molar-refractivity contribution is 5.99. The third-order valence-corrected chi connectivity index (χ3v) is 3.15. The highest BCUT2D eigenvalue weighted by Gasteiger charge is 2.21. The molecule has 0 aliphatic heterocycles. The number of carbonyl (C=O) groups excluding carboxylic acids is 1. The molecular weight excluding hydrogens is 242 g/mol. The fourth-order valence-electron chi connectivity index (χ4n) is 1.93. The van der Waals surface area contributed by atoms with E-state index in [4.69, 9.17) is 9.47 Å². The summed E-state index contributed by atoms with van der Waals surface area (Å²) in [4.78, 5) is 14.5. The molecular formula is C15H23NO3. The van der Waals surface area contributed by atoms with Crippen molar-refractivity contribution in [1.82, 2.24) is 4.90 Å². The van der Waals surface area contributed by atoms with Crippen LogP contribution in [0.3, 0.4) is 0 Å². The van der Waals surface area contributed by atoms with E-state index in [9.17, 15) is 4.79 Å². The average Bonchev–Trinajstić information content (AvgIpc) is 2.47. The summed E-state index contributed by atoms with van der Waals surface area (Å²) in [6.07, 6.45) is 0. The maximum absolute atomic E-state index is 12.4. The summed E-state index contributed by atoms with van der Waals surface area (Å²) in [5, 5.41) is 0. The molecule has 0 aliphatic rings. The van der Waals surface area contributed by atoms with Crippen LogP contribution in [0, 0.1) is 0 Å². The molecule has 0 saturated carbocycles. The summed E-state index contributed by atoms with van der Waals surface area (Å²) in [5.74, 6) is 0.132. The predicted molar refractivity (Wildman–Crippen MR) is 75.6 cm³/mol. The van der Waals surface area contributed by atoms with E-state index in [1.807, 2.05) is 37.3 Å². The summed E-state index contributed by atoms with van der Waals surface area (Å²) in [6.45, 7) is 4.59. The van der Waals surface area contributed by atoms with Crippen molar-refractivity contribution < 1.29 is 14.3 Å². The molecule has 1 unspecified atom stereocenters. The molecule has 0 bridgehead atoms. The molecule has 0 radical (unpaired) electrons. The van der Waals surface area contributed by atoms with Gasteiger partial charge in [-0.25, -0.2) is 0 Å². The number of hydrogen-bond donors (Lipinski definition) is 0. The van der Waals surface area contributed by atoms with Gasteiger partial charge in [-0.05, 0) is 6.92 Å². The maximum Gasteiger partial charge on any atom is 0.179 e. The van der Waals surface area contributed by atoms with Gasteiger partial charge in [-0.3, -0.25) is 9.69 Å². The van der Waals surface area contributed by atoms with Gasteiger partial charge in [0, 0.05) is 32.9 Å². The molecule has 1 aromatic carbocycles. The number of ether oxygens (including phenoxy) is 2.